The lowest BCUT2D eigenvalue weighted by Crippen LogP contribution is -2.25. The van der Waals surface area contributed by atoms with Crippen molar-refractivity contribution in [2.24, 2.45) is 0 Å². The molecular formula is C22H21NO5. The van der Waals surface area contributed by atoms with Crippen LogP contribution < -0.4 is 14.9 Å². The van der Waals surface area contributed by atoms with Crippen LogP contribution in [-0.4, -0.2) is 31.1 Å². The van der Waals surface area contributed by atoms with E-state index in [1.54, 1.807) is 31.3 Å². The molecule has 0 bridgehead atoms. The molecule has 1 unspecified atom stereocenters. The van der Waals surface area contributed by atoms with Crippen LogP contribution in [0.25, 0.3) is 11.0 Å². The topological polar surface area (TPSA) is 69.0 Å². The Bertz CT molecular complexity index is 1120. The van der Waals surface area contributed by atoms with Crippen LogP contribution in [0.2, 0.25) is 0 Å². The van der Waals surface area contributed by atoms with Crippen molar-refractivity contribution in [3.63, 3.8) is 0 Å². The van der Waals surface area contributed by atoms with E-state index in [1.165, 1.54) is 4.90 Å². The van der Waals surface area contributed by atoms with Crippen molar-refractivity contribution in [1.29, 1.82) is 0 Å². The van der Waals surface area contributed by atoms with Gasteiger partial charge in [0.1, 0.15) is 5.58 Å². The van der Waals surface area contributed by atoms with E-state index in [0.29, 0.717) is 41.2 Å². The summed E-state index contributed by atoms with van der Waals surface area (Å²) in [6.07, 6.45) is 0. The number of amides is 1. The molecule has 3 aromatic rings. The molecule has 0 fully saturated rings. The van der Waals surface area contributed by atoms with Gasteiger partial charge in [-0.1, -0.05) is 18.2 Å². The summed E-state index contributed by atoms with van der Waals surface area (Å²) in [5.41, 5.74) is 1.35. The number of carbonyl (C=O) groups is 1. The van der Waals surface area contributed by atoms with Crippen LogP contribution in [0.15, 0.2) is 51.7 Å². The Balaban J connectivity index is 1.91. The molecule has 0 radical (unpaired) electrons. The van der Waals surface area contributed by atoms with Gasteiger partial charge in [0.05, 0.1) is 30.2 Å². The lowest BCUT2D eigenvalue weighted by Gasteiger charge is -2.21. The van der Waals surface area contributed by atoms with Gasteiger partial charge < -0.3 is 18.8 Å². The molecule has 6 nitrogen and oxygen atoms in total. The van der Waals surface area contributed by atoms with Crippen molar-refractivity contribution in [2.45, 2.75) is 19.9 Å². The summed E-state index contributed by atoms with van der Waals surface area (Å²) in [4.78, 5) is 27.5. The van der Waals surface area contributed by atoms with E-state index in [-0.39, 0.29) is 17.1 Å². The Labute approximate surface area is 162 Å². The van der Waals surface area contributed by atoms with Crippen molar-refractivity contribution < 1.29 is 18.7 Å². The molecule has 1 aromatic heterocycles. The maximum atomic E-state index is 13.2. The number of rotatable bonds is 5. The van der Waals surface area contributed by atoms with Crippen LogP contribution in [0.5, 0.6) is 11.5 Å². The van der Waals surface area contributed by atoms with Gasteiger partial charge in [-0.25, -0.2) is 0 Å². The summed E-state index contributed by atoms with van der Waals surface area (Å²) in [6, 6.07) is 11.9. The third-order valence-corrected chi connectivity index (χ3v) is 4.89. The van der Waals surface area contributed by atoms with Gasteiger partial charge in [0, 0.05) is 7.05 Å². The molecule has 6 heteroatoms. The lowest BCUT2D eigenvalue weighted by atomic mass is 9.98. The van der Waals surface area contributed by atoms with Crippen LogP contribution in [0.1, 0.15) is 41.6 Å². The first-order valence-corrected chi connectivity index (χ1v) is 9.29. The largest absolute Gasteiger partial charge is 0.490 e. The Morgan fingerprint density at radius 3 is 2.46 bits per heavy atom. The molecule has 0 saturated carbocycles. The van der Waals surface area contributed by atoms with E-state index in [9.17, 15) is 9.59 Å². The van der Waals surface area contributed by atoms with Gasteiger partial charge in [-0.2, -0.15) is 0 Å². The molecule has 1 aliphatic heterocycles. The van der Waals surface area contributed by atoms with Crippen LogP contribution in [-0.2, 0) is 0 Å². The van der Waals surface area contributed by atoms with Crippen LogP contribution in [0, 0.1) is 0 Å². The maximum absolute atomic E-state index is 13.2. The highest BCUT2D eigenvalue weighted by Gasteiger charge is 2.40. The van der Waals surface area contributed by atoms with Crippen molar-refractivity contribution in [3.05, 3.63) is 69.6 Å². The molecule has 28 heavy (non-hydrogen) atoms. The zero-order valence-corrected chi connectivity index (χ0v) is 16.0. The molecule has 1 aliphatic rings. The fourth-order valence-corrected chi connectivity index (χ4v) is 3.66. The number of hydrogen-bond acceptors (Lipinski definition) is 5. The average Bonchev–Trinajstić information content (AvgIpc) is 2.95. The summed E-state index contributed by atoms with van der Waals surface area (Å²) in [5, 5.41) is 0.463. The van der Waals surface area contributed by atoms with E-state index in [4.69, 9.17) is 13.9 Å². The predicted molar refractivity (Wildman–Crippen MR) is 105 cm³/mol. The second-order valence-corrected chi connectivity index (χ2v) is 6.56. The van der Waals surface area contributed by atoms with Gasteiger partial charge >= 0.3 is 0 Å². The molecule has 0 spiro atoms. The highest BCUT2D eigenvalue weighted by Crippen LogP contribution is 2.40. The number of carbonyl (C=O) groups excluding carboxylic acids is 1. The van der Waals surface area contributed by atoms with Gasteiger partial charge in [0.15, 0.2) is 16.9 Å². The first-order valence-electron chi connectivity index (χ1n) is 9.29. The molecule has 144 valence electrons. The molecule has 4 rings (SSSR count). The van der Waals surface area contributed by atoms with Crippen molar-refractivity contribution in [1.82, 2.24) is 4.90 Å². The quantitative estimate of drug-likeness (QED) is 0.675. The minimum atomic E-state index is -0.543. The van der Waals surface area contributed by atoms with Gasteiger partial charge in [-0.05, 0) is 43.7 Å². The van der Waals surface area contributed by atoms with Crippen LogP contribution >= 0.6 is 0 Å². The van der Waals surface area contributed by atoms with Gasteiger partial charge in [-0.3, -0.25) is 9.59 Å². The third-order valence-electron chi connectivity index (χ3n) is 4.89. The Morgan fingerprint density at radius 1 is 1.00 bits per heavy atom. The smallest absolute Gasteiger partial charge is 0.290 e. The Morgan fingerprint density at radius 2 is 1.71 bits per heavy atom. The zero-order valence-electron chi connectivity index (χ0n) is 16.0. The monoisotopic (exact) mass is 379 g/mol. The predicted octanol–water partition coefficient (Wildman–Crippen LogP) is 3.77. The van der Waals surface area contributed by atoms with Gasteiger partial charge in [0.25, 0.3) is 5.91 Å². The van der Waals surface area contributed by atoms with Gasteiger partial charge in [-0.15, -0.1) is 0 Å². The fourth-order valence-electron chi connectivity index (χ4n) is 3.66. The number of para-hydroxylation sites is 1. The second-order valence-electron chi connectivity index (χ2n) is 6.56. The highest BCUT2D eigenvalue weighted by atomic mass is 16.5. The van der Waals surface area contributed by atoms with E-state index >= 15 is 0 Å². The molecule has 1 amide bonds. The molecule has 0 saturated heterocycles. The number of ether oxygens (including phenoxy) is 2. The van der Waals surface area contributed by atoms with Crippen molar-refractivity contribution in [3.8, 4) is 11.5 Å². The summed E-state index contributed by atoms with van der Waals surface area (Å²) in [6.45, 7) is 4.79. The fraction of sp³-hybridized carbons (Fsp3) is 0.273. The minimum Gasteiger partial charge on any atom is -0.490 e. The van der Waals surface area contributed by atoms with Crippen LogP contribution in [0.3, 0.4) is 0 Å². The van der Waals surface area contributed by atoms with Crippen LogP contribution in [0.4, 0.5) is 0 Å². The summed E-state index contributed by atoms with van der Waals surface area (Å²) in [5.74, 6) is 1.00. The summed E-state index contributed by atoms with van der Waals surface area (Å²) < 4.78 is 17.1. The molecular weight excluding hydrogens is 358 g/mol. The maximum Gasteiger partial charge on any atom is 0.290 e. The Hall–Kier alpha value is -3.28. The van der Waals surface area contributed by atoms with Crippen molar-refractivity contribution >= 4 is 16.9 Å². The normalized spacial score (nSPS) is 15.8. The molecule has 2 aromatic carbocycles. The first kappa shape index (κ1) is 18.1. The number of nitrogens with zero attached hydrogens (tertiary/aromatic N) is 1. The minimum absolute atomic E-state index is 0.100. The number of hydrogen-bond donors (Lipinski definition) is 0. The molecule has 2 heterocycles. The molecule has 1 atom stereocenters. The summed E-state index contributed by atoms with van der Waals surface area (Å²) in [7, 11) is 1.67. The van der Waals surface area contributed by atoms with E-state index in [1.807, 2.05) is 32.0 Å². The molecule has 0 N–H and O–H groups in total. The molecule has 0 aliphatic carbocycles. The third kappa shape index (κ3) is 2.72. The van der Waals surface area contributed by atoms with Gasteiger partial charge in [0.2, 0.25) is 5.76 Å². The van der Waals surface area contributed by atoms with E-state index in [0.717, 1.165) is 5.56 Å². The first-order chi connectivity index (χ1) is 13.6. The number of fused-ring (bicyclic) bond motifs is 2. The van der Waals surface area contributed by atoms with Crippen molar-refractivity contribution in [2.75, 3.05) is 20.3 Å². The average molecular weight is 379 g/mol. The van der Waals surface area contributed by atoms with E-state index in [2.05, 4.69) is 0 Å². The summed E-state index contributed by atoms with van der Waals surface area (Å²) >= 11 is 0. The van der Waals surface area contributed by atoms with E-state index < -0.39 is 6.04 Å². The lowest BCUT2D eigenvalue weighted by molar-refractivity contribution is 0.0771. The Kier molecular flexibility index (Phi) is 4.55. The highest BCUT2D eigenvalue weighted by molar-refractivity contribution is 5.98. The second kappa shape index (κ2) is 7.03. The standard InChI is InChI=1S/C22H21NO5/c1-4-26-16-11-10-13(12-17(16)27-5-2)19-18-20(24)14-8-6-7-9-15(14)28-21(18)22(25)23(19)3/h6-12,19H,4-5H2,1-3H3. The zero-order chi connectivity index (χ0) is 19.8. The number of benzene rings is 2. The SMILES string of the molecule is CCOc1ccc(C2c3c(oc4ccccc4c3=O)C(=O)N2C)cc1OCC.